The number of benzene rings is 2. The second kappa shape index (κ2) is 7.37. The van der Waals surface area contributed by atoms with Crippen LogP contribution in [0.5, 0.6) is 0 Å². The topological polar surface area (TPSA) is 102 Å². The highest BCUT2D eigenvalue weighted by Gasteiger charge is 2.32. The van der Waals surface area contributed by atoms with Crippen LogP contribution in [-0.4, -0.2) is 43.3 Å². The van der Waals surface area contributed by atoms with Crippen LogP contribution in [-0.2, 0) is 14.8 Å². The number of carbonyl (C=O) groups is 1. The second-order valence-corrected chi connectivity index (χ2v) is 9.54. The van der Waals surface area contributed by atoms with Crippen molar-refractivity contribution in [1.29, 1.82) is 0 Å². The number of halogens is 1. The third kappa shape index (κ3) is 3.63. The number of nitrogens with one attached hydrogen (secondary N) is 1. The minimum absolute atomic E-state index is 0.0364. The molecule has 1 amide bonds. The maximum absolute atomic E-state index is 13.4. The normalized spacial score (nSPS) is 15.5. The van der Waals surface area contributed by atoms with E-state index in [0.717, 1.165) is 21.7 Å². The van der Waals surface area contributed by atoms with Crippen molar-refractivity contribution in [1.82, 2.24) is 14.2 Å². The molecule has 158 valence electrons. The number of sulfonamides is 1. The smallest absolute Gasteiger partial charge is 0.408 e. The van der Waals surface area contributed by atoms with Gasteiger partial charge in [-0.3, -0.25) is 9.36 Å². The van der Waals surface area contributed by atoms with Crippen LogP contribution in [0.3, 0.4) is 0 Å². The van der Waals surface area contributed by atoms with E-state index in [0.29, 0.717) is 5.56 Å². The van der Waals surface area contributed by atoms with E-state index >= 15 is 0 Å². The summed E-state index contributed by atoms with van der Waals surface area (Å²) in [6.45, 7) is 0. The molecule has 10 heteroatoms. The summed E-state index contributed by atoms with van der Waals surface area (Å²) in [4.78, 5) is 25.6. The van der Waals surface area contributed by atoms with Crippen LogP contribution >= 0.6 is 0 Å². The minimum atomic E-state index is -3.73. The molecule has 0 radical (unpaired) electrons. The number of hydrogen-bond acceptors (Lipinski definition) is 5. The number of nitrogens with zero attached hydrogens (tertiary/aromatic N) is 2. The van der Waals surface area contributed by atoms with Crippen LogP contribution in [0.4, 0.5) is 4.39 Å². The summed E-state index contributed by atoms with van der Waals surface area (Å²) < 4.78 is 45.7. The van der Waals surface area contributed by atoms with Gasteiger partial charge in [0.05, 0.1) is 10.4 Å². The van der Waals surface area contributed by atoms with E-state index in [4.69, 9.17) is 4.42 Å². The number of hydrogen-bond donors (Lipinski definition) is 1. The Morgan fingerprint density at radius 1 is 1.20 bits per heavy atom. The molecule has 8 nitrogen and oxygen atoms in total. The van der Waals surface area contributed by atoms with E-state index < -0.39 is 33.5 Å². The largest absolute Gasteiger partial charge is 0.420 e. The standard InChI is InChI=1S/C20H20FN3O5S/c1-23(2)30(27,28)15-9-10-16-17(11-15)29-20(26)24(16)18(19(25)22-14-7-8-14)12-3-5-13(21)6-4-12/h3-6,9-11,14,18H,7-8H2,1-2H3,(H,22,25). The quantitative estimate of drug-likeness (QED) is 0.639. The lowest BCUT2D eigenvalue weighted by Gasteiger charge is -2.18. The number of carbonyl (C=O) groups excluding carboxylic acids is 1. The van der Waals surface area contributed by atoms with Gasteiger partial charge in [-0.05, 0) is 42.7 Å². The molecule has 1 aliphatic carbocycles. The van der Waals surface area contributed by atoms with E-state index in [-0.39, 0.29) is 22.0 Å². The Kier molecular flexibility index (Phi) is 4.99. The summed E-state index contributed by atoms with van der Waals surface area (Å²) in [6.07, 6.45) is 1.71. The van der Waals surface area contributed by atoms with Crippen LogP contribution in [0.25, 0.3) is 11.1 Å². The van der Waals surface area contributed by atoms with Crippen LogP contribution in [0.2, 0.25) is 0 Å². The van der Waals surface area contributed by atoms with Crippen molar-refractivity contribution in [2.24, 2.45) is 0 Å². The first-order valence-corrected chi connectivity index (χ1v) is 10.8. The number of rotatable bonds is 6. The molecule has 1 aliphatic rings. The van der Waals surface area contributed by atoms with Gasteiger partial charge in [0.15, 0.2) is 5.58 Å². The fraction of sp³-hybridized carbons (Fsp3) is 0.300. The summed E-state index contributed by atoms with van der Waals surface area (Å²) in [5, 5.41) is 2.86. The molecule has 0 spiro atoms. The Balaban J connectivity index is 1.86. The molecule has 1 unspecified atom stereocenters. The van der Waals surface area contributed by atoms with Crippen molar-refractivity contribution >= 4 is 27.0 Å². The third-order valence-electron chi connectivity index (χ3n) is 4.98. The van der Waals surface area contributed by atoms with Crippen LogP contribution < -0.4 is 11.1 Å². The van der Waals surface area contributed by atoms with Gasteiger partial charge < -0.3 is 9.73 Å². The number of fused-ring (bicyclic) bond motifs is 1. The molecule has 0 aliphatic heterocycles. The maximum Gasteiger partial charge on any atom is 0.420 e. The molecule has 3 aromatic rings. The summed E-state index contributed by atoms with van der Waals surface area (Å²) >= 11 is 0. The van der Waals surface area contributed by atoms with Crippen molar-refractivity contribution in [2.75, 3.05) is 14.1 Å². The Morgan fingerprint density at radius 3 is 2.47 bits per heavy atom. The van der Waals surface area contributed by atoms with Gasteiger partial charge in [-0.25, -0.2) is 21.9 Å². The lowest BCUT2D eigenvalue weighted by molar-refractivity contribution is -0.123. The van der Waals surface area contributed by atoms with Gasteiger partial charge >= 0.3 is 5.76 Å². The Bertz CT molecular complexity index is 1270. The third-order valence-corrected chi connectivity index (χ3v) is 6.79. The molecule has 4 rings (SSSR count). The van der Waals surface area contributed by atoms with E-state index in [1.54, 1.807) is 0 Å². The Labute approximate surface area is 172 Å². The van der Waals surface area contributed by atoms with Gasteiger partial charge in [0.2, 0.25) is 15.9 Å². The summed E-state index contributed by atoms with van der Waals surface area (Å²) in [6, 6.07) is 8.28. The van der Waals surface area contributed by atoms with E-state index in [2.05, 4.69) is 5.32 Å². The SMILES string of the molecule is CN(C)S(=O)(=O)c1ccc2c(c1)oc(=O)n2C(C(=O)NC1CC1)c1ccc(F)cc1. The summed E-state index contributed by atoms with van der Waals surface area (Å²) in [5.41, 5.74) is 0.705. The van der Waals surface area contributed by atoms with Crippen molar-refractivity contribution < 1.29 is 22.0 Å². The first-order valence-electron chi connectivity index (χ1n) is 9.32. The lowest BCUT2D eigenvalue weighted by Crippen LogP contribution is -2.37. The molecule has 0 saturated heterocycles. The van der Waals surface area contributed by atoms with Gasteiger partial charge in [-0.15, -0.1) is 0 Å². The average molecular weight is 433 g/mol. The maximum atomic E-state index is 13.4. The molecule has 2 aromatic carbocycles. The predicted molar refractivity (Wildman–Crippen MR) is 107 cm³/mol. The molecule has 1 atom stereocenters. The minimum Gasteiger partial charge on any atom is -0.408 e. The first-order chi connectivity index (χ1) is 14.2. The van der Waals surface area contributed by atoms with Gasteiger partial charge in [-0.1, -0.05) is 12.1 Å². The zero-order valence-electron chi connectivity index (χ0n) is 16.3. The summed E-state index contributed by atoms with van der Waals surface area (Å²) in [7, 11) is -0.939. The van der Waals surface area contributed by atoms with Crippen LogP contribution in [0.15, 0.2) is 56.6 Å². The van der Waals surface area contributed by atoms with Gasteiger partial charge in [-0.2, -0.15) is 0 Å². The van der Waals surface area contributed by atoms with Crippen molar-refractivity contribution in [3.05, 3.63) is 64.4 Å². The van der Waals surface area contributed by atoms with Crippen LogP contribution in [0, 0.1) is 5.82 Å². The van der Waals surface area contributed by atoms with Gasteiger partial charge in [0.25, 0.3) is 0 Å². The second-order valence-electron chi connectivity index (χ2n) is 7.39. The molecule has 0 bridgehead atoms. The first kappa shape index (κ1) is 20.3. The molecule has 1 aromatic heterocycles. The zero-order chi connectivity index (χ0) is 21.6. The molecular weight excluding hydrogens is 413 g/mol. The highest BCUT2D eigenvalue weighted by atomic mass is 32.2. The lowest BCUT2D eigenvalue weighted by atomic mass is 10.1. The molecule has 1 saturated carbocycles. The molecule has 1 fully saturated rings. The Hall–Kier alpha value is -2.98. The molecular formula is C20H20FN3O5S. The predicted octanol–water partition coefficient (Wildman–Crippen LogP) is 1.85. The van der Waals surface area contributed by atoms with E-state index in [1.165, 1.54) is 56.6 Å². The number of amides is 1. The monoisotopic (exact) mass is 433 g/mol. The summed E-state index contributed by atoms with van der Waals surface area (Å²) in [5.74, 6) is -1.70. The average Bonchev–Trinajstić information content (AvgIpc) is 3.44. The van der Waals surface area contributed by atoms with Gasteiger partial charge in [0, 0.05) is 26.2 Å². The van der Waals surface area contributed by atoms with E-state index in [1.807, 2.05) is 0 Å². The Morgan fingerprint density at radius 2 is 1.87 bits per heavy atom. The van der Waals surface area contributed by atoms with Crippen LogP contribution in [0.1, 0.15) is 24.4 Å². The fourth-order valence-electron chi connectivity index (χ4n) is 3.20. The van der Waals surface area contributed by atoms with E-state index in [9.17, 15) is 22.4 Å². The number of aromatic nitrogens is 1. The number of oxazole rings is 1. The van der Waals surface area contributed by atoms with Crippen molar-refractivity contribution in [3.63, 3.8) is 0 Å². The highest BCUT2D eigenvalue weighted by molar-refractivity contribution is 7.89. The molecule has 1 N–H and O–H groups in total. The fourth-order valence-corrected chi connectivity index (χ4v) is 4.12. The van der Waals surface area contributed by atoms with Gasteiger partial charge in [0.1, 0.15) is 11.9 Å². The highest BCUT2D eigenvalue weighted by Crippen LogP contribution is 2.28. The van der Waals surface area contributed by atoms with Crippen molar-refractivity contribution in [2.45, 2.75) is 29.8 Å². The molecule has 30 heavy (non-hydrogen) atoms. The zero-order valence-corrected chi connectivity index (χ0v) is 17.1. The van der Waals surface area contributed by atoms with Crippen molar-refractivity contribution in [3.8, 4) is 0 Å². The molecule has 1 heterocycles.